The minimum atomic E-state index is -0.209. The monoisotopic (exact) mass is 475 g/mol. The fraction of sp³-hybridized carbons (Fsp3) is 0.160. The van der Waals surface area contributed by atoms with Crippen molar-refractivity contribution >= 4 is 17.4 Å². The summed E-state index contributed by atoms with van der Waals surface area (Å²) in [7, 11) is 1.64. The molecule has 0 saturated carbocycles. The number of benzene rings is 3. The molecule has 1 N–H and O–H groups in total. The molecule has 1 aromatic heterocycles. The van der Waals surface area contributed by atoms with Crippen molar-refractivity contribution < 1.29 is 23.7 Å². The zero-order valence-electron chi connectivity index (χ0n) is 18.3. The van der Waals surface area contributed by atoms with Crippen molar-refractivity contribution in [1.82, 2.24) is 14.7 Å². The largest absolute Gasteiger partial charge is 0.497 e. The summed E-state index contributed by atoms with van der Waals surface area (Å²) in [5.74, 6) is 3.15. The number of fused-ring (bicyclic) bond motifs is 1. The highest BCUT2D eigenvalue weighted by Gasteiger charge is 2.14. The van der Waals surface area contributed by atoms with Gasteiger partial charge in [-0.15, -0.1) is 0 Å². The Morgan fingerprint density at radius 3 is 2.76 bits per heavy atom. The highest BCUT2D eigenvalue weighted by Crippen LogP contribution is 2.32. The lowest BCUT2D eigenvalue weighted by Crippen LogP contribution is -2.22. The number of amides is 1. The maximum atomic E-state index is 12.7. The Morgan fingerprint density at radius 1 is 1.00 bits per heavy atom. The molecule has 0 fully saturated rings. The van der Waals surface area contributed by atoms with Gasteiger partial charge in [-0.2, -0.15) is 9.36 Å². The smallest absolute Gasteiger partial charge is 0.298 e. The Morgan fingerprint density at radius 2 is 1.85 bits per heavy atom. The number of aromatic nitrogens is 2. The zero-order valence-corrected chi connectivity index (χ0v) is 19.1. The maximum Gasteiger partial charge on any atom is 0.298 e. The van der Waals surface area contributed by atoms with Crippen molar-refractivity contribution in [3.05, 3.63) is 89.2 Å². The first kappa shape index (κ1) is 21.7. The highest BCUT2D eigenvalue weighted by atomic mass is 32.1. The minimum Gasteiger partial charge on any atom is -0.497 e. The summed E-state index contributed by atoms with van der Waals surface area (Å²) >= 11 is 1.17. The van der Waals surface area contributed by atoms with Gasteiger partial charge in [-0.25, -0.2) is 0 Å². The third-order valence-corrected chi connectivity index (χ3v) is 5.77. The first-order valence-corrected chi connectivity index (χ1v) is 11.3. The molecule has 1 aliphatic rings. The number of carbonyl (C=O) groups is 1. The van der Waals surface area contributed by atoms with Crippen LogP contribution in [0.3, 0.4) is 0 Å². The molecule has 1 aliphatic heterocycles. The number of nitrogens with zero attached hydrogens (tertiary/aromatic N) is 2. The van der Waals surface area contributed by atoms with Gasteiger partial charge in [0.15, 0.2) is 17.3 Å². The van der Waals surface area contributed by atoms with Gasteiger partial charge >= 0.3 is 0 Å². The van der Waals surface area contributed by atoms with Gasteiger partial charge in [0, 0.05) is 30.1 Å². The summed E-state index contributed by atoms with van der Waals surface area (Å²) in [4.78, 5) is 17.1. The summed E-state index contributed by atoms with van der Waals surface area (Å²) in [6.45, 7) is 0.583. The lowest BCUT2D eigenvalue weighted by Gasteiger charge is -2.08. The molecule has 0 spiro atoms. The van der Waals surface area contributed by atoms with Crippen molar-refractivity contribution in [1.29, 1.82) is 0 Å². The molecule has 3 aromatic carbocycles. The first-order chi connectivity index (χ1) is 16.7. The van der Waals surface area contributed by atoms with Crippen LogP contribution in [-0.4, -0.2) is 29.2 Å². The van der Waals surface area contributed by atoms with Crippen molar-refractivity contribution in [3.63, 3.8) is 0 Å². The number of ether oxygens (including phenoxy) is 4. The number of carbonyl (C=O) groups excluding carboxylic acids is 1. The van der Waals surface area contributed by atoms with Crippen molar-refractivity contribution in [2.75, 3.05) is 13.9 Å². The molecule has 4 aromatic rings. The SMILES string of the molecule is COc1cccc(Cc2nsc(Oc3cccc(C(=O)NCc4ccc5c(c4)OCO5)c3)n2)c1. The average Bonchev–Trinajstić information content (AvgIpc) is 3.51. The first-order valence-electron chi connectivity index (χ1n) is 10.6. The van der Waals surface area contributed by atoms with Gasteiger partial charge in [-0.05, 0) is 53.6 Å². The van der Waals surface area contributed by atoms with E-state index in [-0.39, 0.29) is 12.7 Å². The van der Waals surface area contributed by atoms with Crippen molar-refractivity contribution in [3.8, 4) is 28.2 Å². The van der Waals surface area contributed by atoms with Gasteiger partial charge in [0.1, 0.15) is 11.5 Å². The van der Waals surface area contributed by atoms with Crippen molar-refractivity contribution in [2.24, 2.45) is 0 Å². The third kappa shape index (κ3) is 5.10. The molecular weight excluding hydrogens is 454 g/mol. The summed E-state index contributed by atoms with van der Waals surface area (Å²) in [5.41, 5.74) is 2.45. The second kappa shape index (κ2) is 9.80. The van der Waals surface area contributed by atoms with Gasteiger partial charge in [-0.3, -0.25) is 4.79 Å². The van der Waals surface area contributed by atoms with E-state index in [0.717, 1.165) is 16.9 Å². The molecule has 8 nitrogen and oxygen atoms in total. The summed E-state index contributed by atoms with van der Waals surface area (Å²) in [5, 5.41) is 3.32. The number of hydrogen-bond donors (Lipinski definition) is 1. The van der Waals surface area contributed by atoms with E-state index in [1.165, 1.54) is 11.5 Å². The molecule has 0 saturated heterocycles. The van der Waals surface area contributed by atoms with Crippen LogP contribution in [0.2, 0.25) is 0 Å². The van der Waals surface area contributed by atoms with E-state index in [9.17, 15) is 4.79 Å². The molecule has 0 atom stereocenters. The summed E-state index contributed by atoms with van der Waals surface area (Å²) in [6, 6.07) is 20.3. The van der Waals surface area contributed by atoms with E-state index < -0.39 is 0 Å². The van der Waals surface area contributed by atoms with Crippen LogP contribution in [0, 0.1) is 0 Å². The second-order valence-electron chi connectivity index (χ2n) is 7.51. The van der Waals surface area contributed by atoms with E-state index in [1.54, 1.807) is 31.4 Å². The Balaban J connectivity index is 1.20. The van der Waals surface area contributed by atoms with E-state index in [4.69, 9.17) is 18.9 Å². The van der Waals surface area contributed by atoms with Gasteiger partial charge in [0.25, 0.3) is 11.1 Å². The topological polar surface area (TPSA) is 91.8 Å². The molecule has 0 bridgehead atoms. The molecule has 2 heterocycles. The number of methoxy groups -OCH3 is 1. The number of rotatable bonds is 8. The van der Waals surface area contributed by atoms with Gasteiger partial charge in [0.2, 0.25) is 6.79 Å². The maximum absolute atomic E-state index is 12.7. The number of hydrogen-bond acceptors (Lipinski definition) is 8. The standard InChI is InChI=1S/C25H21N3O5S/c1-30-19-6-2-4-16(10-19)12-23-27-25(34-28-23)33-20-7-3-5-18(13-20)24(29)26-14-17-8-9-21-22(11-17)32-15-31-21/h2-11,13H,12,14-15H2,1H3,(H,26,29). The van der Waals surface area contributed by atoms with E-state index in [1.807, 2.05) is 42.5 Å². The molecule has 0 radical (unpaired) electrons. The van der Waals surface area contributed by atoms with E-state index >= 15 is 0 Å². The summed E-state index contributed by atoms with van der Waals surface area (Å²) in [6.07, 6.45) is 0.569. The van der Waals surface area contributed by atoms with E-state index in [0.29, 0.717) is 46.8 Å². The molecular formula is C25H21N3O5S. The Kier molecular flexibility index (Phi) is 6.26. The zero-order chi connectivity index (χ0) is 23.3. The number of nitrogens with one attached hydrogen (secondary N) is 1. The van der Waals surface area contributed by atoms with Crippen LogP contribution in [-0.2, 0) is 13.0 Å². The normalized spacial score (nSPS) is 11.8. The van der Waals surface area contributed by atoms with Gasteiger partial charge < -0.3 is 24.3 Å². The Labute approximate surface area is 200 Å². The Bertz CT molecular complexity index is 1320. The highest BCUT2D eigenvalue weighted by molar-refractivity contribution is 7.07. The molecule has 34 heavy (non-hydrogen) atoms. The third-order valence-electron chi connectivity index (χ3n) is 5.14. The second-order valence-corrected chi connectivity index (χ2v) is 8.22. The molecule has 5 rings (SSSR count). The molecule has 1 amide bonds. The molecule has 0 aliphatic carbocycles. The average molecular weight is 476 g/mol. The van der Waals surface area contributed by atoms with Crippen molar-refractivity contribution in [2.45, 2.75) is 13.0 Å². The Hall–Kier alpha value is -4.11. The minimum absolute atomic E-state index is 0.209. The van der Waals surface area contributed by atoms with E-state index in [2.05, 4.69) is 14.7 Å². The van der Waals surface area contributed by atoms with Crippen LogP contribution < -0.4 is 24.3 Å². The fourth-order valence-electron chi connectivity index (χ4n) is 3.45. The lowest BCUT2D eigenvalue weighted by molar-refractivity contribution is 0.0950. The fourth-order valence-corrected chi connectivity index (χ4v) is 4.02. The van der Waals surface area contributed by atoms with Crippen LogP contribution in [0.25, 0.3) is 0 Å². The van der Waals surface area contributed by atoms with Gasteiger partial charge in [0.05, 0.1) is 7.11 Å². The van der Waals surface area contributed by atoms with Gasteiger partial charge in [-0.1, -0.05) is 24.3 Å². The van der Waals surface area contributed by atoms with Crippen LogP contribution in [0.1, 0.15) is 27.3 Å². The molecule has 0 unspecified atom stereocenters. The lowest BCUT2D eigenvalue weighted by atomic mass is 10.1. The predicted molar refractivity (Wildman–Crippen MR) is 126 cm³/mol. The predicted octanol–water partition coefficient (Wildman–Crippen LogP) is 4.59. The van der Waals surface area contributed by atoms with Crippen LogP contribution in [0.4, 0.5) is 0 Å². The molecule has 9 heteroatoms. The van der Waals surface area contributed by atoms with Crippen LogP contribution in [0.15, 0.2) is 66.7 Å². The van der Waals surface area contributed by atoms with Crippen LogP contribution >= 0.6 is 11.5 Å². The quantitative estimate of drug-likeness (QED) is 0.399. The van der Waals surface area contributed by atoms with Crippen LogP contribution in [0.5, 0.6) is 28.2 Å². The molecule has 172 valence electrons. The summed E-state index contributed by atoms with van der Waals surface area (Å²) < 4.78 is 26.2.